The summed E-state index contributed by atoms with van der Waals surface area (Å²) in [5, 5.41) is 3.66. The molecule has 0 unspecified atom stereocenters. The quantitative estimate of drug-likeness (QED) is 0.487. The summed E-state index contributed by atoms with van der Waals surface area (Å²) in [6, 6.07) is 8.10. The van der Waals surface area contributed by atoms with Crippen molar-refractivity contribution in [2.75, 3.05) is 56.7 Å². The van der Waals surface area contributed by atoms with E-state index in [0.29, 0.717) is 23.7 Å². The van der Waals surface area contributed by atoms with Gasteiger partial charge in [-0.05, 0) is 50.3 Å². The number of benzene rings is 1. The molecule has 0 bridgehead atoms. The third-order valence-corrected chi connectivity index (χ3v) is 7.52. The number of aryl methyl sites for hydroxylation is 1. The number of anilines is 2. The fraction of sp³-hybridized carbons (Fsp3) is 0.520. The van der Waals surface area contributed by atoms with Crippen molar-refractivity contribution >= 4 is 33.9 Å². The van der Waals surface area contributed by atoms with Gasteiger partial charge in [-0.2, -0.15) is 0 Å². The van der Waals surface area contributed by atoms with Gasteiger partial charge in [0.05, 0.1) is 31.5 Å². The van der Waals surface area contributed by atoms with Gasteiger partial charge in [-0.15, -0.1) is 11.3 Å². The van der Waals surface area contributed by atoms with E-state index in [1.807, 2.05) is 25.1 Å². The number of para-hydroxylation sites is 2. The predicted molar refractivity (Wildman–Crippen MR) is 132 cm³/mol. The number of carbonyl (C=O) groups is 2. The monoisotopic (exact) mass is 471 g/mol. The Hall–Kier alpha value is -2.58. The van der Waals surface area contributed by atoms with Crippen molar-refractivity contribution in [3.8, 4) is 5.75 Å². The molecule has 4 rings (SSSR count). The molecule has 0 spiro atoms. The average Bonchev–Trinajstić information content (AvgIpc) is 2.99. The molecule has 0 saturated carbocycles. The Balaban J connectivity index is 1.37. The third kappa shape index (κ3) is 5.50. The van der Waals surface area contributed by atoms with Gasteiger partial charge in [-0.3, -0.25) is 9.69 Å². The van der Waals surface area contributed by atoms with E-state index in [4.69, 9.17) is 9.47 Å². The Morgan fingerprint density at radius 2 is 1.82 bits per heavy atom. The van der Waals surface area contributed by atoms with Gasteiger partial charge >= 0.3 is 5.97 Å². The summed E-state index contributed by atoms with van der Waals surface area (Å²) < 4.78 is 10.8. The van der Waals surface area contributed by atoms with E-state index < -0.39 is 0 Å². The van der Waals surface area contributed by atoms with Gasteiger partial charge in [0, 0.05) is 31.1 Å². The van der Waals surface area contributed by atoms with Gasteiger partial charge in [-0.1, -0.05) is 18.6 Å². The van der Waals surface area contributed by atoms with Crippen molar-refractivity contribution in [1.29, 1.82) is 0 Å². The van der Waals surface area contributed by atoms with Crippen molar-refractivity contribution in [3.63, 3.8) is 0 Å². The van der Waals surface area contributed by atoms with Crippen LogP contribution < -0.4 is 15.0 Å². The lowest BCUT2D eigenvalue weighted by atomic mass is 10.1. The molecule has 7 nitrogen and oxygen atoms in total. The summed E-state index contributed by atoms with van der Waals surface area (Å²) in [4.78, 5) is 31.1. The lowest BCUT2D eigenvalue weighted by Crippen LogP contribution is -2.48. The molecule has 1 saturated heterocycles. The molecule has 2 aromatic rings. The van der Waals surface area contributed by atoms with E-state index >= 15 is 0 Å². The number of thiophene rings is 1. The molecule has 2 aliphatic rings. The smallest absolute Gasteiger partial charge is 0.341 e. The number of ether oxygens (including phenoxy) is 2. The topological polar surface area (TPSA) is 71.1 Å². The molecule has 1 N–H and O–H groups in total. The molecular weight excluding hydrogens is 438 g/mol. The Kier molecular flexibility index (Phi) is 7.88. The van der Waals surface area contributed by atoms with E-state index in [-0.39, 0.29) is 11.9 Å². The second-order valence-corrected chi connectivity index (χ2v) is 9.58. The molecule has 1 aliphatic heterocycles. The minimum Gasteiger partial charge on any atom is -0.492 e. The van der Waals surface area contributed by atoms with Crippen LogP contribution in [0.3, 0.4) is 0 Å². The van der Waals surface area contributed by atoms with Crippen LogP contribution in [-0.2, 0) is 22.4 Å². The number of hydrogen-bond donors (Lipinski definition) is 1. The molecule has 0 radical (unpaired) electrons. The maximum absolute atomic E-state index is 12.9. The van der Waals surface area contributed by atoms with Crippen LogP contribution in [0.25, 0.3) is 0 Å². The largest absolute Gasteiger partial charge is 0.492 e. The van der Waals surface area contributed by atoms with Crippen LogP contribution in [0.5, 0.6) is 5.75 Å². The zero-order chi connectivity index (χ0) is 23.2. The summed E-state index contributed by atoms with van der Waals surface area (Å²) in [6.45, 7) is 6.18. The predicted octanol–water partition coefficient (Wildman–Crippen LogP) is 3.96. The number of amides is 1. The first kappa shape index (κ1) is 23.6. The van der Waals surface area contributed by atoms with Crippen molar-refractivity contribution in [1.82, 2.24) is 4.90 Å². The molecule has 1 aliphatic carbocycles. The highest BCUT2D eigenvalue weighted by molar-refractivity contribution is 7.17. The van der Waals surface area contributed by atoms with Crippen LogP contribution in [0.4, 0.5) is 10.7 Å². The Bertz CT molecular complexity index is 982. The zero-order valence-corrected chi connectivity index (χ0v) is 20.3. The van der Waals surface area contributed by atoms with Crippen molar-refractivity contribution < 1.29 is 19.1 Å². The molecule has 1 amide bonds. The normalized spacial score (nSPS) is 16.6. The van der Waals surface area contributed by atoms with Crippen molar-refractivity contribution in [2.45, 2.75) is 39.0 Å². The number of fused-ring (bicyclic) bond motifs is 1. The van der Waals surface area contributed by atoms with Gasteiger partial charge < -0.3 is 19.7 Å². The van der Waals surface area contributed by atoms with E-state index in [9.17, 15) is 9.59 Å². The first-order valence-corrected chi connectivity index (χ1v) is 12.6. The van der Waals surface area contributed by atoms with Crippen LogP contribution >= 0.6 is 11.3 Å². The molecule has 33 heavy (non-hydrogen) atoms. The summed E-state index contributed by atoms with van der Waals surface area (Å²) in [5.74, 6) is 0.463. The number of piperazine rings is 1. The molecule has 0 atom stereocenters. The Morgan fingerprint density at radius 3 is 2.58 bits per heavy atom. The maximum Gasteiger partial charge on any atom is 0.341 e. The molecule has 1 fully saturated rings. The van der Waals surface area contributed by atoms with Crippen LogP contribution in [-0.4, -0.2) is 63.2 Å². The van der Waals surface area contributed by atoms with Crippen LogP contribution in [0, 0.1) is 0 Å². The second-order valence-electron chi connectivity index (χ2n) is 8.47. The summed E-state index contributed by atoms with van der Waals surface area (Å²) >= 11 is 1.54. The first-order valence-electron chi connectivity index (χ1n) is 11.8. The number of esters is 1. The number of methoxy groups -OCH3 is 1. The minimum absolute atomic E-state index is 0.0836. The Labute approximate surface area is 199 Å². The molecule has 1 aromatic heterocycles. The minimum atomic E-state index is -0.355. The number of rotatable bonds is 7. The average molecular weight is 472 g/mol. The number of carbonyl (C=O) groups excluding carboxylic acids is 2. The molecule has 178 valence electrons. The van der Waals surface area contributed by atoms with Gasteiger partial charge in [0.2, 0.25) is 5.91 Å². The van der Waals surface area contributed by atoms with E-state index in [0.717, 1.165) is 68.9 Å². The fourth-order valence-electron chi connectivity index (χ4n) is 4.66. The summed E-state index contributed by atoms with van der Waals surface area (Å²) in [7, 11) is 1.40. The number of hydrogen-bond acceptors (Lipinski definition) is 7. The zero-order valence-electron chi connectivity index (χ0n) is 19.5. The standard InChI is InChI=1S/C25H33N3O4S/c1-3-32-20-11-8-7-10-19(20)28-15-13-27(14-16-28)17-22(29)26-24-23(25(30)31-2)18-9-5-4-6-12-21(18)33-24/h7-8,10-11H,3-6,9,12-17H2,1-2H3,(H,26,29). The first-order chi connectivity index (χ1) is 16.1. The molecule has 2 heterocycles. The Morgan fingerprint density at radius 1 is 1.06 bits per heavy atom. The summed E-state index contributed by atoms with van der Waals surface area (Å²) in [5.41, 5.74) is 2.73. The lowest BCUT2D eigenvalue weighted by molar-refractivity contribution is -0.117. The highest BCUT2D eigenvalue weighted by Gasteiger charge is 2.27. The lowest BCUT2D eigenvalue weighted by Gasteiger charge is -2.36. The molecular formula is C25H33N3O4S. The van der Waals surface area contributed by atoms with E-state index in [2.05, 4.69) is 21.2 Å². The SMILES string of the molecule is CCOc1ccccc1N1CCN(CC(=O)Nc2sc3c(c2C(=O)OC)CCCCC3)CC1. The maximum atomic E-state index is 12.9. The van der Waals surface area contributed by atoms with Crippen molar-refractivity contribution in [3.05, 3.63) is 40.3 Å². The molecule has 1 aromatic carbocycles. The van der Waals surface area contributed by atoms with Crippen molar-refractivity contribution in [2.24, 2.45) is 0 Å². The van der Waals surface area contributed by atoms with Crippen LogP contribution in [0.15, 0.2) is 24.3 Å². The van der Waals surface area contributed by atoms with Gasteiger partial charge in [0.25, 0.3) is 0 Å². The highest BCUT2D eigenvalue weighted by atomic mass is 32.1. The second kappa shape index (κ2) is 11.0. The highest BCUT2D eigenvalue weighted by Crippen LogP contribution is 2.38. The van der Waals surface area contributed by atoms with Gasteiger partial charge in [0.15, 0.2) is 0 Å². The number of nitrogens with zero attached hydrogens (tertiary/aromatic N) is 2. The van der Waals surface area contributed by atoms with Crippen LogP contribution in [0.2, 0.25) is 0 Å². The van der Waals surface area contributed by atoms with E-state index in [1.54, 1.807) is 0 Å². The van der Waals surface area contributed by atoms with Gasteiger partial charge in [0.1, 0.15) is 10.8 Å². The number of nitrogens with one attached hydrogen (secondary N) is 1. The van der Waals surface area contributed by atoms with E-state index in [1.165, 1.54) is 29.7 Å². The summed E-state index contributed by atoms with van der Waals surface area (Å²) in [6.07, 6.45) is 5.20. The fourth-order valence-corrected chi connectivity index (χ4v) is 5.95. The third-order valence-electron chi connectivity index (χ3n) is 6.31. The van der Waals surface area contributed by atoms with Crippen LogP contribution in [0.1, 0.15) is 47.0 Å². The molecule has 8 heteroatoms. The van der Waals surface area contributed by atoms with Gasteiger partial charge in [-0.25, -0.2) is 4.79 Å².